The van der Waals surface area contributed by atoms with E-state index < -0.39 is 0 Å². The van der Waals surface area contributed by atoms with Crippen molar-refractivity contribution in [3.63, 3.8) is 0 Å². The first-order chi connectivity index (χ1) is 16.1. The normalized spacial score (nSPS) is 15.6. The van der Waals surface area contributed by atoms with E-state index in [9.17, 15) is 9.59 Å². The summed E-state index contributed by atoms with van der Waals surface area (Å²) in [7, 11) is 1.73. The standard InChI is InChI=1S/C24H30N4O5/c1-27(17-24(30)26-19-5-8-21-22(15-19)33-12-2-11-32-21)16-23(29)25-18-3-6-20(7-4-18)28-9-13-31-14-10-28/h3-8,15H,2,9-14,16-17H2,1H3,(H,25,29)(H,26,30). The van der Waals surface area contributed by atoms with Crippen LogP contribution in [0.15, 0.2) is 42.5 Å². The van der Waals surface area contributed by atoms with Gasteiger partial charge in [0.1, 0.15) is 0 Å². The van der Waals surface area contributed by atoms with Crippen LogP contribution in [0.4, 0.5) is 17.1 Å². The summed E-state index contributed by atoms with van der Waals surface area (Å²) in [4.78, 5) is 28.7. The van der Waals surface area contributed by atoms with Crippen LogP contribution in [0.3, 0.4) is 0 Å². The summed E-state index contributed by atoms with van der Waals surface area (Å²) < 4.78 is 16.6. The van der Waals surface area contributed by atoms with Crippen molar-refractivity contribution >= 4 is 28.9 Å². The highest BCUT2D eigenvalue weighted by molar-refractivity contribution is 5.95. The Kier molecular flexibility index (Phi) is 7.64. The number of fused-ring (bicyclic) bond motifs is 1. The molecule has 2 amide bonds. The molecule has 2 aromatic rings. The molecule has 176 valence electrons. The second-order valence-electron chi connectivity index (χ2n) is 8.13. The molecular weight excluding hydrogens is 424 g/mol. The van der Waals surface area contributed by atoms with Gasteiger partial charge in [0.05, 0.1) is 39.5 Å². The van der Waals surface area contributed by atoms with Crippen LogP contribution in [-0.4, -0.2) is 76.4 Å². The van der Waals surface area contributed by atoms with Crippen molar-refractivity contribution in [3.8, 4) is 11.5 Å². The number of carbonyl (C=O) groups excluding carboxylic acids is 2. The molecular formula is C24H30N4O5. The van der Waals surface area contributed by atoms with E-state index >= 15 is 0 Å². The molecule has 0 aliphatic carbocycles. The predicted molar refractivity (Wildman–Crippen MR) is 126 cm³/mol. The minimum Gasteiger partial charge on any atom is -0.490 e. The lowest BCUT2D eigenvalue weighted by Crippen LogP contribution is -2.36. The molecule has 9 nitrogen and oxygen atoms in total. The molecule has 0 aromatic heterocycles. The van der Waals surface area contributed by atoms with Crippen molar-refractivity contribution < 1.29 is 23.8 Å². The Morgan fingerprint density at radius 2 is 1.45 bits per heavy atom. The van der Waals surface area contributed by atoms with Gasteiger partial charge >= 0.3 is 0 Å². The van der Waals surface area contributed by atoms with Crippen LogP contribution >= 0.6 is 0 Å². The second kappa shape index (κ2) is 11.0. The molecule has 0 radical (unpaired) electrons. The van der Waals surface area contributed by atoms with Crippen LogP contribution in [0, 0.1) is 0 Å². The van der Waals surface area contributed by atoms with Gasteiger partial charge in [0, 0.05) is 42.6 Å². The number of amides is 2. The van der Waals surface area contributed by atoms with Crippen molar-refractivity contribution in [2.75, 3.05) is 75.2 Å². The van der Waals surface area contributed by atoms with E-state index in [2.05, 4.69) is 15.5 Å². The number of morpholine rings is 1. The first-order valence-corrected chi connectivity index (χ1v) is 11.2. The zero-order chi connectivity index (χ0) is 23.0. The lowest BCUT2D eigenvalue weighted by Gasteiger charge is -2.28. The van der Waals surface area contributed by atoms with E-state index in [0.29, 0.717) is 30.4 Å². The quantitative estimate of drug-likeness (QED) is 0.663. The summed E-state index contributed by atoms with van der Waals surface area (Å²) >= 11 is 0. The van der Waals surface area contributed by atoms with Crippen LogP contribution in [0.25, 0.3) is 0 Å². The van der Waals surface area contributed by atoms with Gasteiger partial charge in [0.15, 0.2) is 11.5 Å². The van der Waals surface area contributed by atoms with E-state index in [1.807, 2.05) is 24.3 Å². The maximum Gasteiger partial charge on any atom is 0.238 e. The van der Waals surface area contributed by atoms with Crippen molar-refractivity contribution in [2.24, 2.45) is 0 Å². The fraction of sp³-hybridized carbons (Fsp3) is 0.417. The second-order valence-corrected chi connectivity index (χ2v) is 8.13. The van der Waals surface area contributed by atoms with Gasteiger partial charge in [0.25, 0.3) is 0 Å². The zero-order valence-corrected chi connectivity index (χ0v) is 18.8. The van der Waals surface area contributed by atoms with Gasteiger partial charge in [-0.1, -0.05) is 0 Å². The smallest absolute Gasteiger partial charge is 0.238 e. The molecule has 0 atom stereocenters. The summed E-state index contributed by atoms with van der Waals surface area (Å²) in [6, 6.07) is 13.1. The first-order valence-electron chi connectivity index (χ1n) is 11.2. The highest BCUT2D eigenvalue weighted by atomic mass is 16.5. The molecule has 2 aliphatic heterocycles. The van der Waals surface area contributed by atoms with Crippen LogP contribution in [0.5, 0.6) is 11.5 Å². The summed E-state index contributed by atoms with van der Waals surface area (Å²) in [5, 5.41) is 5.72. The number of carbonyl (C=O) groups is 2. The topological polar surface area (TPSA) is 92.4 Å². The Morgan fingerprint density at radius 1 is 0.848 bits per heavy atom. The SMILES string of the molecule is CN(CC(=O)Nc1ccc(N2CCOCC2)cc1)CC(=O)Nc1ccc2c(c1)OCCCO2. The number of hydrogen-bond acceptors (Lipinski definition) is 7. The van der Waals surface area contributed by atoms with Gasteiger partial charge in [-0.15, -0.1) is 0 Å². The number of rotatable bonds is 7. The molecule has 0 spiro atoms. The van der Waals surface area contributed by atoms with Gasteiger partial charge in [-0.05, 0) is 43.4 Å². The zero-order valence-electron chi connectivity index (χ0n) is 18.8. The van der Waals surface area contributed by atoms with Gasteiger partial charge < -0.3 is 29.7 Å². The fourth-order valence-electron chi connectivity index (χ4n) is 3.77. The molecule has 0 unspecified atom stereocenters. The monoisotopic (exact) mass is 454 g/mol. The van der Waals surface area contributed by atoms with Crippen LogP contribution in [0.2, 0.25) is 0 Å². The molecule has 2 aromatic carbocycles. The summed E-state index contributed by atoms with van der Waals surface area (Å²) in [6.45, 7) is 4.56. The Hall–Kier alpha value is -3.30. The van der Waals surface area contributed by atoms with Gasteiger partial charge in [-0.2, -0.15) is 0 Å². The lowest BCUT2D eigenvalue weighted by molar-refractivity contribution is -0.119. The van der Waals surface area contributed by atoms with Crippen molar-refractivity contribution in [2.45, 2.75) is 6.42 Å². The van der Waals surface area contributed by atoms with Crippen molar-refractivity contribution in [3.05, 3.63) is 42.5 Å². The molecule has 9 heteroatoms. The van der Waals surface area contributed by atoms with E-state index in [1.54, 1.807) is 30.1 Å². The Balaban J connectivity index is 1.22. The molecule has 1 saturated heterocycles. The number of hydrogen-bond donors (Lipinski definition) is 2. The Labute approximate surface area is 193 Å². The minimum atomic E-state index is -0.213. The molecule has 2 aliphatic rings. The molecule has 0 bridgehead atoms. The fourth-order valence-corrected chi connectivity index (χ4v) is 3.77. The molecule has 4 rings (SSSR count). The van der Waals surface area contributed by atoms with Crippen LogP contribution in [-0.2, 0) is 14.3 Å². The molecule has 1 fully saturated rings. The third-order valence-corrected chi connectivity index (χ3v) is 5.39. The van der Waals surface area contributed by atoms with E-state index in [4.69, 9.17) is 14.2 Å². The first kappa shape index (κ1) is 22.9. The molecule has 0 saturated carbocycles. The molecule has 2 heterocycles. The minimum absolute atomic E-state index is 0.0812. The average Bonchev–Trinajstić information content (AvgIpc) is 3.05. The highest BCUT2D eigenvalue weighted by Crippen LogP contribution is 2.32. The number of nitrogens with one attached hydrogen (secondary N) is 2. The van der Waals surface area contributed by atoms with E-state index in [-0.39, 0.29) is 24.9 Å². The summed E-state index contributed by atoms with van der Waals surface area (Å²) in [6.07, 6.45) is 0.821. The number of benzene rings is 2. The van der Waals surface area contributed by atoms with E-state index in [1.165, 1.54) is 0 Å². The maximum atomic E-state index is 12.4. The predicted octanol–water partition coefficient (Wildman–Crippen LogP) is 2.19. The number of nitrogens with zero attached hydrogens (tertiary/aromatic N) is 2. The van der Waals surface area contributed by atoms with Crippen LogP contribution in [0.1, 0.15) is 6.42 Å². The molecule has 33 heavy (non-hydrogen) atoms. The lowest BCUT2D eigenvalue weighted by atomic mass is 10.2. The maximum absolute atomic E-state index is 12.4. The third-order valence-electron chi connectivity index (χ3n) is 5.39. The number of ether oxygens (including phenoxy) is 3. The highest BCUT2D eigenvalue weighted by Gasteiger charge is 2.15. The third kappa shape index (κ3) is 6.59. The Morgan fingerprint density at radius 3 is 2.15 bits per heavy atom. The number of likely N-dealkylation sites (N-methyl/N-ethyl adjacent to an activating group) is 1. The molecule has 2 N–H and O–H groups in total. The van der Waals surface area contributed by atoms with Gasteiger partial charge in [-0.25, -0.2) is 0 Å². The van der Waals surface area contributed by atoms with Crippen LogP contribution < -0.4 is 25.0 Å². The summed E-state index contributed by atoms with van der Waals surface area (Å²) in [5.74, 6) is 0.907. The number of anilines is 3. The van der Waals surface area contributed by atoms with Crippen molar-refractivity contribution in [1.29, 1.82) is 0 Å². The summed E-state index contributed by atoms with van der Waals surface area (Å²) in [5.41, 5.74) is 2.46. The van der Waals surface area contributed by atoms with Crippen molar-refractivity contribution in [1.82, 2.24) is 4.90 Å². The van der Waals surface area contributed by atoms with Gasteiger partial charge in [0.2, 0.25) is 11.8 Å². The average molecular weight is 455 g/mol. The van der Waals surface area contributed by atoms with Gasteiger partial charge in [-0.3, -0.25) is 14.5 Å². The van der Waals surface area contributed by atoms with E-state index in [0.717, 1.165) is 44.1 Å². The largest absolute Gasteiger partial charge is 0.490 e. The Bertz CT molecular complexity index is 960.